The quantitative estimate of drug-likeness (QED) is 0.928. The van der Waals surface area contributed by atoms with E-state index in [1.807, 2.05) is 5.38 Å². The lowest BCUT2D eigenvalue weighted by molar-refractivity contribution is 0.245. The molecule has 6 heteroatoms. The second-order valence-corrected chi connectivity index (χ2v) is 9.55. The molecule has 1 unspecified atom stereocenters. The van der Waals surface area contributed by atoms with Gasteiger partial charge in [-0.2, -0.15) is 4.31 Å². The molecular formula is C14H24N2O2S2. The van der Waals surface area contributed by atoms with Crippen molar-refractivity contribution in [1.29, 1.82) is 0 Å². The summed E-state index contributed by atoms with van der Waals surface area (Å²) in [5, 5.41) is 5.29. The van der Waals surface area contributed by atoms with E-state index in [1.165, 1.54) is 11.3 Å². The maximum Gasteiger partial charge on any atom is 0.252 e. The minimum absolute atomic E-state index is 0.0783. The van der Waals surface area contributed by atoms with Crippen LogP contribution < -0.4 is 5.32 Å². The van der Waals surface area contributed by atoms with E-state index in [0.717, 1.165) is 19.4 Å². The Hall–Kier alpha value is -0.430. The smallest absolute Gasteiger partial charge is 0.252 e. The van der Waals surface area contributed by atoms with Gasteiger partial charge >= 0.3 is 0 Å². The van der Waals surface area contributed by atoms with Crippen LogP contribution >= 0.6 is 11.3 Å². The number of nitrogens with one attached hydrogen (secondary N) is 1. The molecule has 1 aliphatic heterocycles. The summed E-state index contributed by atoms with van der Waals surface area (Å²) >= 11 is 1.30. The molecule has 4 nitrogen and oxygen atoms in total. The third-order valence-corrected chi connectivity index (χ3v) is 6.73. The molecule has 1 aromatic heterocycles. The average molecular weight is 316 g/mol. The Labute approximate surface area is 126 Å². The van der Waals surface area contributed by atoms with Crippen molar-refractivity contribution in [2.24, 2.45) is 5.92 Å². The van der Waals surface area contributed by atoms with E-state index >= 15 is 0 Å². The zero-order valence-electron chi connectivity index (χ0n) is 12.4. The molecule has 0 amide bonds. The lowest BCUT2D eigenvalue weighted by Gasteiger charge is -2.33. The number of hydrogen-bond donors (Lipinski definition) is 1. The summed E-state index contributed by atoms with van der Waals surface area (Å²) < 4.78 is 27.1. The van der Waals surface area contributed by atoms with Crippen LogP contribution in [0, 0.1) is 5.92 Å². The minimum Gasteiger partial charge on any atom is -0.312 e. The summed E-state index contributed by atoms with van der Waals surface area (Å²) in [5.74, 6) is 0.401. The zero-order valence-corrected chi connectivity index (χ0v) is 14.1. The lowest BCUT2D eigenvalue weighted by Crippen LogP contribution is -2.46. The first-order valence-electron chi connectivity index (χ1n) is 7.08. The number of piperidine rings is 1. The molecule has 1 fully saturated rings. The minimum atomic E-state index is -3.28. The van der Waals surface area contributed by atoms with Crippen LogP contribution in [0.3, 0.4) is 0 Å². The van der Waals surface area contributed by atoms with Crippen LogP contribution in [0.4, 0.5) is 0 Å². The van der Waals surface area contributed by atoms with Crippen LogP contribution in [-0.2, 0) is 10.0 Å². The molecule has 1 N–H and O–H groups in total. The summed E-state index contributed by atoms with van der Waals surface area (Å²) in [6, 6.07) is 3.48. The summed E-state index contributed by atoms with van der Waals surface area (Å²) in [4.78, 5) is 0. The molecule has 1 aromatic rings. The van der Waals surface area contributed by atoms with Crippen molar-refractivity contribution in [2.75, 3.05) is 19.6 Å². The van der Waals surface area contributed by atoms with Crippen LogP contribution in [-0.4, -0.2) is 37.9 Å². The normalized spacial score (nSPS) is 22.1. The van der Waals surface area contributed by atoms with Crippen molar-refractivity contribution in [3.05, 3.63) is 17.5 Å². The van der Waals surface area contributed by atoms with Crippen LogP contribution in [0.1, 0.15) is 33.6 Å². The Morgan fingerprint density at radius 3 is 2.80 bits per heavy atom. The molecular weight excluding hydrogens is 292 g/mol. The standard InChI is InChI=1S/C14H24N2O2S2/c1-14(2,3)15-10-12-6-4-8-16(11-12)20(17,18)13-7-5-9-19-13/h5,7,9,12,15H,4,6,8,10-11H2,1-3H3. The van der Waals surface area contributed by atoms with Gasteiger partial charge in [-0.05, 0) is 57.5 Å². The molecule has 2 heterocycles. The van der Waals surface area contributed by atoms with E-state index in [9.17, 15) is 8.42 Å². The van der Waals surface area contributed by atoms with Crippen molar-refractivity contribution >= 4 is 21.4 Å². The zero-order chi connectivity index (χ0) is 14.8. The van der Waals surface area contributed by atoms with Gasteiger partial charge in [0, 0.05) is 18.6 Å². The van der Waals surface area contributed by atoms with Gasteiger partial charge in [-0.3, -0.25) is 0 Å². The molecule has 20 heavy (non-hydrogen) atoms. The molecule has 1 saturated heterocycles. The first-order valence-corrected chi connectivity index (χ1v) is 9.40. The fraction of sp³-hybridized carbons (Fsp3) is 0.714. The monoisotopic (exact) mass is 316 g/mol. The summed E-state index contributed by atoms with van der Waals surface area (Å²) in [6.45, 7) is 8.55. The van der Waals surface area contributed by atoms with E-state index in [0.29, 0.717) is 23.2 Å². The van der Waals surface area contributed by atoms with Gasteiger partial charge < -0.3 is 5.32 Å². The Morgan fingerprint density at radius 1 is 1.45 bits per heavy atom. The number of rotatable bonds is 4. The summed E-state index contributed by atoms with van der Waals surface area (Å²) in [5.41, 5.74) is 0.0783. The molecule has 0 aliphatic carbocycles. The average Bonchev–Trinajstić information content (AvgIpc) is 2.90. The maximum atomic E-state index is 12.5. The molecule has 0 spiro atoms. The largest absolute Gasteiger partial charge is 0.312 e. The van der Waals surface area contributed by atoms with Crippen molar-refractivity contribution in [3.63, 3.8) is 0 Å². The van der Waals surface area contributed by atoms with Gasteiger partial charge in [0.2, 0.25) is 0 Å². The van der Waals surface area contributed by atoms with E-state index in [4.69, 9.17) is 0 Å². The SMILES string of the molecule is CC(C)(C)NCC1CCCN(S(=O)(=O)c2cccs2)C1. The highest BCUT2D eigenvalue weighted by Crippen LogP contribution is 2.26. The second-order valence-electron chi connectivity index (χ2n) is 6.43. The fourth-order valence-electron chi connectivity index (χ4n) is 2.40. The first kappa shape index (κ1) is 15.9. The predicted molar refractivity (Wildman–Crippen MR) is 83.6 cm³/mol. The molecule has 0 aromatic carbocycles. The van der Waals surface area contributed by atoms with Gasteiger partial charge in [-0.1, -0.05) is 6.07 Å². The Morgan fingerprint density at radius 2 is 2.20 bits per heavy atom. The highest BCUT2D eigenvalue weighted by Gasteiger charge is 2.31. The summed E-state index contributed by atoms with van der Waals surface area (Å²) in [6.07, 6.45) is 2.04. The van der Waals surface area contributed by atoms with E-state index in [-0.39, 0.29) is 5.54 Å². The molecule has 2 rings (SSSR count). The Kier molecular flexibility index (Phi) is 4.89. The maximum absolute atomic E-state index is 12.5. The van der Waals surface area contributed by atoms with Gasteiger partial charge in [0.25, 0.3) is 10.0 Å². The second kappa shape index (κ2) is 6.13. The van der Waals surface area contributed by atoms with Gasteiger partial charge in [0.15, 0.2) is 0 Å². The topological polar surface area (TPSA) is 49.4 Å². The number of thiophene rings is 1. The van der Waals surface area contributed by atoms with Crippen molar-refractivity contribution in [2.45, 2.75) is 43.4 Å². The fourth-order valence-corrected chi connectivity index (χ4v) is 5.10. The van der Waals surface area contributed by atoms with E-state index in [2.05, 4.69) is 26.1 Å². The number of sulfonamides is 1. The third kappa shape index (κ3) is 4.04. The number of nitrogens with zero attached hydrogens (tertiary/aromatic N) is 1. The molecule has 1 aliphatic rings. The molecule has 0 saturated carbocycles. The third-order valence-electron chi connectivity index (χ3n) is 3.49. The van der Waals surface area contributed by atoms with Gasteiger partial charge in [0.05, 0.1) is 0 Å². The number of hydrogen-bond acceptors (Lipinski definition) is 4. The molecule has 114 valence electrons. The van der Waals surface area contributed by atoms with E-state index < -0.39 is 10.0 Å². The highest BCUT2D eigenvalue weighted by molar-refractivity contribution is 7.91. The van der Waals surface area contributed by atoms with Crippen LogP contribution in [0.25, 0.3) is 0 Å². The van der Waals surface area contributed by atoms with Crippen LogP contribution in [0.15, 0.2) is 21.7 Å². The van der Waals surface area contributed by atoms with Gasteiger partial charge in [-0.25, -0.2) is 8.42 Å². The van der Waals surface area contributed by atoms with Crippen LogP contribution in [0.5, 0.6) is 0 Å². The molecule has 0 bridgehead atoms. The van der Waals surface area contributed by atoms with Crippen molar-refractivity contribution in [3.8, 4) is 0 Å². The van der Waals surface area contributed by atoms with Gasteiger partial charge in [-0.15, -0.1) is 11.3 Å². The molecule has 0 radical (unpaired) electrons. The van der Waals surface area contributed by atoms with Crippen LogP contribution in [0.2, 0.25) is 0 Å². The molecule has 1 atom stereocenters. The van der Waals surface area contributed by atoms with Crippen molar-refractivity contribution < 1.29 is 8.42 Å². The highest BCUT2D eigenvalue weighted by atomic mass is 32.2. The van der Waals surface area contributed by atoms with E-state index in [1.54, 1.807) is 16.4 Å². The Bertz CT molecular complexity index is 518. The predicted octanol–water partition coefficient (Wildman–Crippen LogP) is 2.54. The lowest BCUT2D eigenvalue weighted by atomic mass is 9.98. The summed E-state index contributed by atoms with van der Waals surface area (Å²) in [7, 11) is -3.28. The van der Waals surface area contributed by atoms with Gasteiger partial charge in [0.1, 0.15) is 4.21 Å². The Balaban J connectivity index is 2.00. The first-order chi connectivity index (χ1) is 9.29. The van der Waals surface area contributed by atoms with Crippen molar-refractivity contribution in [1.82, 2.24) is 9.62 Å².